The van der Waals surface area contributed by atoms with Gasteiger partial charge >= 0.3 is 10.0 Å². The summed E-state index contributed by atoms with van der Waals surface area (Å²) in [7, 11) is -3.88. The molecule has 2 aliphatic heterocycles. The Kier molecular flexibility index (Phi) is 6.62. The first kappa shape index (κ1) is 25.6. The number of nitrogens with zero attached hydrogens (tertiary/aromatic N) is 4. The number of nitrogens with two attached hydrogens (primary N) is 1. The highest BCUT2D eigenvalue weighted by molar-refractivity contribution is 7.90. The van der Waals surface area contributed by atoms with Gasteiger partial charge in [-0.1, -0.05) is 29.7 Å². The van der Waals surface area contributed by atoms with Crippen LogP contribution in [-0.2, 0) is 14.8 Å². The number of benzene rings is 1. The van der Waals surface area contributed by atoms with Crippen LogP contribution >= 0.6 is 0 Å². The second-order valence-electron chi connectivity index (χ2n) is 11.1. The molecule has 2 N–H and O–H groups in total. The lowest BCUT2D eigenvalue weighted by Crippen LogP contribution is -2.45. The normalized spacial score (nSPS) is 28.4. The number of primary amides is 1. The zero-order valence-electron chi connectivity index (χ0n) is 21.9. The number of quaternary nitrogens is 1. The number of carbonyl (C=O) groups is 1. The third-order valence-corrected chi connectivity index (χ3v) is 10.3. The van der Waals surface area contributed by atoms with Crippen molar-refractivity contribution in [1.82, 2.24) is 13.9 Å². The molecule has 202 valence electrons. The number of rotatable bonds is 6. The first-order valence-corrected chi connectivity index (χ1v) is 15.6. The fraction of sp³-hybridized carbons (Fsp3) is 0.536. The zero-order chi connectivity index (χ0) is 26.5. The standard InChI is InChI=1S/C28H35N5O4S/c1-38(35,36)33(22-8-3-2-4-9-22)28-25(26(31-33)20-6-5-7-20)23(18-24(30-28)27(29)34)19-10-12-21(13-11-19)32-14-16-37-17-15-32/h2-4,8-9,18-21H,5-7,10-17H2,1H3,(H-,29,34)/p+1. The molecule has 0 bridgehead atoms. The third-order valence-electron chi connectivity index (χ3n) is 8.85. The maximum atomic E-state index is 13.7. The second-order valence-corrected chi connectivity index (χ2v) is 13.1. The van der Waals surface area contributed by atoms with Gasteiger partial charge in [0.2, 0.25) is 0 Å². The van der Waals surface area contributed by atoms with Crippen LogP contribution in [0.4, 0.5) is 11.5 Å². The minimum atomic E-state index is -3.88. The average Bonchev–Trinajstić information content (AvgIpc) is 3.24. The Morgan fingerprint density at radius 1 is 1.03 bits per heavy atom. The summed E-state index contributed by atoms with van der Waals surface area (Å²) in [6, 6.07) is 11.3. The molecule has 38 heavy (non-hydrogen) atoms. The quantitative estimate of drug-likeness (QED) is 0.562. The number of pyridine rings is 1. The number of carbonyl (C=O) groups excluding carboxylic acids is 1. The van der Waals surface area contributed by atoms with Crippen molar-refractivity contribution in [3.63, 3.8) is 0 Å². The molecule has 1 unspecified atom stereocenters. The molecular weight excluding hydrogens is 502 g/mol. The van der Waals surface area contributed by atoms with E-state index in [4.69, 9.17) is 15.6 Å². The number of hydrogen-bond donors (Lipinski definition) is 1. The maximum absolute atomic E-state index is 13.7. The Hall–Kier alpha value is -2.66. The lowest BCUT2D eigenvalue weighted by molar-refractivity contribution is 0.00729. The molecule has 10 heteroatoms. The highest BCUT2D eigenvalue weighted by Crippen LogP contribution is 2.51. The van der Waals surface area contributed by atoms with Crippen molar-refractivity contribution in [2.75, 3.05) is 32.6 Å². The van der Waals surface area contributed by atoms with Gasteiger partial charge in [0.1, 0.15) is 11.4 Å². The molecule has 1 atom stereocenters. The summed E-state index contributed by atoms with van der Waals surface area (Å²) in [4.78, 5) is 19.7. The molecule has 3 fully saturated rings. The van der Waals surface area contributed by atoms with Gasteiger partial charge in [-0.05, 0) is 60.1 Å². The topological polar surface area (TPSA) is 115 Å². The van der Waals surface area contributed by atoms with Crippen LogP contribution in [0.2, 0.25) is 0 Å². The highest BCUT2D eigenvalue weighted by atomic mass is 32.2. The average molecular weight is 539 g/mol. The number of ether oxygens (including phenoxy) is 1. The molecule has 0 radical (unpaired) electrons. The SMILES string of the molecule is CS(=O)(=O)[N+]1(c2ccccc2)N=C(C2CCC2)c2c(C3CCC(N4CCOCC4)CC3)cc(C(N)=O)nc21. The van der Waals surface area contributed by atoms with Crippen molar-refractivity contribution in [3.8, 4) is 0 Å². The van der Waals surface area contributed by atoms with E-state index in [1.165, 1.54) is 6.26 Å². The zero-order valence-corrected chi connectivity index (χ0v) is 22.7. The van der Waals surface area contributed by atoms with Crippen molar-refractivity contribution in [2.24, 2.45) is 16.8 Å². The van der Waals surface area contributed by atoms with Crippen LogP contribution in [-0.4, -0.2) is 68.5 Å². The van der Waals surface area contributed by atoms with Crippen molar-refractivity contribution in [1.29, 1.82) is 0 Å². The summed E-state index contributed by atoms with van der Waals surface area (Å²) in [6.07, 6.45) is 8.24. The predicted octanol–water partition coefficient (Wildman–Crippen LogP) is 3.66. The van der Waals surface area contributed by atoms with Crippen LogP contribution in [0.5, 0.6) is 0 Å². The molecule has 9 nitrogen and oxygen atoms in total. The minimum Gasteiger partial charge on any atom is -0.379 e. The van der Waals surface area contributed by atoms with Gasteiger partial charge in [-0.2, -0.15) is 13.4 Å². The summed E-state index contributed by atoms with van der Waals surface area (Å²) < 4.78 is 32.1. The van der Waals surface area contributed by atoms with E-state index in [1.807, 2.05) is 24.3 Å². The van der Waals surface area contributed by atoms with E-state index in [9.17, 15) is 13.2 Å². The molecule has 1 aromatic carbocycles. The van der Waals surface area contributed by atoms with Gasteiger partial charge in [0.05, 0.1) is 25.0 Å². The Morgan fingerprint density at radius 2 is 1.71 bits per heavy atom. The largest absolute Gasteiger partial charge is 0.379 e. The molecule has 1 saturated heterocycles. The number of morpholine rings is 1. The molecule has 2 aliphatic carbocycles. The molecule has 4 aliphatic rings. The van der Waals surface area contributed by atoms with E-state index in [-0.39, 0.29) is 17.5 Å². The summed E-state index contributed by atoms with van der Waals surface area (Å²) >= 11 is 0. The summed E-state index contributed by atoms with van der Waals surface area (Å²) in [6.45, 7) is 3.50. The maximum Gasteiger partial charge on any atom is 0.329 e. The van der Waals surface area contributed by atoms with Crippen molar-refractivity contribution in [2.45, 2.75) is 56.9 Å². The first-order valence-electron chi connectivity index (χ1n) is 13.7. The Balaban J connectivity index is 1.49. The van der Waals surface area contributed by atoms with Crippen LogP contribution in [0.15, 0.2) is 41.5 Å². The summed E-state index contributed by atoms with van der Waals surface area (Å²) in [5, 5.41) is 5.02. The first-order chi connectivity index (χ1) is 18.3. The summed E-state index contributed by atoms with van der Waals surface area (Å²) in [5.74, 6) is 0.00152. The highest BCUT2D eigenvalue weighted by Gasteiger charge is 2.56. The van der Waals surface area contributed by atoms with E-state index >= 15 is 0 Å². The number of fused-ring (bicyclic) bond motifs is 1. The monoisotopic (exact) mass is 538 g/mol. The molecule has 6 rings (SSSR count). The van der Waals surface area contributed by atoms with Crippen LogP contribution in [0.3, 0.4) is 0 Å². The molecule has 3 heterocycles. The predicted molar refractivity (Wildman–Crippen MR) is 147 cm³/mol. The number of hydrogen-bond acceptors (Lipinski definition) is 7. The van der Waals surface area contributed by atoms with Gasteiger partial charge in [-0.15, -0.1) is 0 Å². The van der Waals surface area contributed by atoms with Crippen molar-refractivity contribution >= 4 is 33.1 Å². The Morgan fingerprint density at radius 3 is 2.29 bits per heavy atom. The van der Waals surface area contributed by atoms with E-state index in [0.29, 0.717) is 17.5 Å². The van der Waals surface area contributed by atoms with Gasteiger partial charge in [0.25, 0.3) is 11.7 Å². The second kappa shape index (κ2) is 9.82. The molecule has 2 aromatic rings. The fourth-order valence-corrected chi connectivity index (χ4v) is 7.81. The Bertz CT molecular complexity index is 1360. The van der Waals surface area contributed by atoms with Gasteiger partial charge < -0.3 is 10.5 Å². The Labute approximate surface area is 224 Å². The van der Waals surface area contributed by atoms with E-state index in [1.54, 1.807) is 12.1 Å². The molecule has 1 amide bonds. The van der Waals surface area contributed by atoms with Crippen LogP contribution in [0, 0.1) is 5.92 Å². The minimum absolute atomic E-state index is 0.0983. The molecule has 0 spiro atoms. The van der Waals surface area contributed by atoms with E-state index < -0.39 is 19.9 Å². The lowest BCUT2D eigenvalue weighted by atomic mass is 9.74. The number of aromatic nitrogens is 1. The number of amides is 1. The summed E-state index contributed by atoms with van der Waals surface area (Å²) in [5.41, 5.74) is 8.98. The van der Waals surface area contributed by atoms with Gasteiger partial charge in [0, 0.05) is 37.2 Å². The van der Waals surface area contributed by atoms with Crippen molar-refractivity contribution in [3.05, 3.63) is 53.2 Å². The molecule has 2 saturated carbocycles. The van der Waals surface area contributed by atoms with Crippen LogP contribution < -0.4 is 9.73 Å². The molecular formula is C28H36N5O4S+. The van der Waals surface area contributed by atoms with Crippen LogP contribution in [0.1, 0.15) is 72.5 Å². The van der Waals surface area contributed by atoms with Crippen molar-refractivity contribution < 1.29 is 17.9 Å². The lowest BCUT2D eigenvalue weighted by Gasteiger charge is -2.39. The van der Waals surface area contributed by atoms with E-state index in [2.05, 4.69) is 9.88 Å². The number of sulfonamides is 1. The number of para-hydroxylation sites is 1. The third kappa shape index (κ3) is 4.18. The van der Waals surface area contributed by atoms with Gasteiger partial charge in [-0.3, -0.25) is 9.69 Å². The molecule has 1 aromatic heterocycles. The van der Waals surface area contributed by atoms with Gasteiger partial charge in [0.15, 0.2) is 5.69 Å². The van der Waals surface area contributed by atoms with Crippen LogP contribution in [0.25, 0.3) is 0 Å². The fourth-order valence-electron chi connectivity index (χ4n) is 6.62. The van der Waals surface area contributed by atoms with E-state index in [0.717, 1.165) is 88.1 Å². The smallest absolute Gasteiger partial charge is 0.329 e. The van der Waals surface area contributed by atoms with Gasteiger partial charge in [-0.25, -0.2) is 0 Å².